The highest BCUT2D eigenvalue weighted by molar-refractivity contribution is 7.80. The van der Waals surface area contributed by atoms with Crippen LogP contribution in [-0.2, 0) is 11.3 Å². The molecule has 0 saturated heterocycles. The molecule has 0 heterocycles. The molecule has 0 atom stereocenters. The Kier molecular flexibility index (Phi) is 4.99. The van der Waals surface area contributed by atoms with E-state index in [0.29, 0.717) is 23.7 Å². The van der Waals surface area contributed by atoms with Crippen LogP contribution in [0.25, 0.3) is 0 Å². The normalized spacial score (nSPS) is 10.1. The smallest absolute Gasteiger partial charge is 0.223 e. The molecule has 0 bridgehead atoms. The average Bonchev–Trinajstić information content (AvgIpc) is 2.21. The van der Waals surface area contributed by atoms with Gasteiger partial charge in [-0.25, -0.2) is 0 Å². The van der Waals surface area contributed by atoms with Gasteiger partial charge in [0.05, 0.1) is 0 Å². The predicted molar refractivity (Wildman–Crippen MR) is 66.4 cm³/mol. The van der Waals surface area contributed by atoms with Gasteiger partial charge in [0.2, 0.25) is 5.91 Å². The highest BCUT2D eigenvalue weighted by Gasteiger charge is 2.09. The standard InChI is InChI=1S/C11H14ClNOS/c1-13(11(14)6-7-15)8-9-4-2-3-5-10(9)12/h2-5,15H,6-8H2,1H3. The predicted octanol–water partition coefficient (Wildman–Crippen LogP) is 2.62. The van der Waals surface area contributed by atoms with Crippen molar-refractivity contribution in [2.45, 2.75) is 13.0 Å². The van der Waals surface area contributed by atoms with Crippen LogP contribution in [-0.4, -0.2) is 23.6 Å². The lowest BCUT2D eigenvalue weighted by Crippen LogP contribution is -2.26. The quantitative estimate of drug-likeness (QED) is 0.807. The van der Waals surface area contributed by atoms with Gasteiger partial charge >= 0.3 is 0 Å². The zero-order valence-electron chi connectivity index (χ0n) is 8.61. The van der Waals surface area contributed by atoms with E-state index >= 15 is 0 Å². The van der Waals surface area contributed by atoms with Crippen LogP contribution in [0.2, 0.25) is 5.02 Å². The Bertz CT molecular complexity index is 343. The number of halogens is 1. The van der Waals surface area contributed by atoms with Gasteiger partial charge in [-0.05, 0) is 17.4 Å². The number of carbonyl (C=O) groups excluding carboxylic acids is 1. The molecule has 0 aliphatic heterocycles. The first-order chi connectivity index (χ1) is 7.15. The van der Waals surface area contributed by atoms with Crippen LogP contribution < -0.4 is 0 Å². The number of carbonyl (C=O) groups is 1. The van der Waals surface area contributed by atoms with E-state index in [0.717, 1.165) is 5.56 Å². The summed E-state index contributed by atoms with van der Waals surface area (Å²) >= 11 is 10.0. The van der Waals surface area contributed by atoms with Gasteiger partial charge in [-0.3, -0.25) is 4.79 Å². The van der Waals surface area contributed by atoms with Crippen LogP contribution >= 0.6 is 24.2 Å². The second kappa shape index (κ2) is 6.03. The van der Waals surface area contributed by atoms with Crippen LogP contribution in [0, 0.1) is 0 Å². The molecule has 0 aliphatic rings. The molecule has 15 heavy (non-hydrogen) atoms. The number of hydrogen-bond donors (Lipinski definition) is 1. The Morgan fingerprint density at radius 2 is 2.13 bits per heavy atom. The molecule has 0 fully saturated rings. The highest BCUT2D eigenvalue weighted by atomic mass is 35.5. The Balaban J connectivity index is 2.62. The van der Waals surface area contributed by atoms with E-state index in [9.17, 15) is 4.79 Å². The molecule has 1 aromatic rings. The lowest BCUT2D eigenvalue weighted by molar-refractivity contribution is -0.129. The summed E-state index contributed by atoms with van der Waals surface area (Å²) in [4.78, 5) is 13.2. The molecule has 4 heteroatoms. The van der Waals surface area contributed by atoms with Crippen molar-refractivity contribution in [1.29, 1.82) is 0 Å². The van der Waals surface area contributed by atoms with E-state index in [1.165, 1.54) is 0 Å². The molecular formula is C11H14ClNOS. The summed E-state index contributed by atoms with van der Waals surface area (Å²) < 4.78 is 0. The molecule has 0 spiro atoms. The molecule has 0 saturated carbocycles. The van der Waals surface area contributed by atoms with Crippen molar-refractivity contribution in [2.24, 2.45) is 0 Å². The van der Waals surface area contributed by atoms with Gasteiger partial charge in [-0.2, -0.15) is 12.6 Å². The topological polar surface area (TPSA) is 20.3 Å². The van der Waals surface area contributed by atoms with Gasteiger partial charge in [0.1, 0.15) is 0 Å². The van der Waals surface area contributed by atoms with Crippen LogP contribution in [0.4, 0.5) is 0 Å². The number of rotatable bonds is 4. The Morgan fingerprint density at radius 3 is 2.73 bits per heavy atom. The summed E-state index contributed by atoms with van der Waals surface area (Å²) in [6, 6.07) is 7.54. The summed E-state index contributed by atoms with van der Waals surface area (Å²) in [5.74, 6) is 0.663. The van der Waals surface area contributed by atoms with Gasteiger partial charge in [-0.1, -0.05) is 29.8 Å². The Morgan fingerprint density at radius 1 is 1.47 bits per heavy atom. The van der Waals surface area contributed by atoms with Gasteiger partial charge in [-0.15, -0.1) is 0 Å². The van der Waals surface area contributed by atoms with Crippen molar-refractivity contribution in [1.82, 2.24) is 4.90 Å². The first-order valence-corrected chi connectivity index (χ1v) is 5.74. The monoisotopic (exact) mass is 243 g/mol. The molecule has 1 rings (SSSR count). The van der Waals surface area contributed by atoms with E-state index in [-0.39, 0.29) is 5.91 Å². The Hall–Kier alpha value is -0.670. The molecule has 1 amide bonds. The largest absolute Gasteiger partial charge is 0.341 e. The fraction of sp³-hybridized carbons (Fsp3) is 0.364. The lowest BCUT2D eigenvalue weighted by Gasteiger charge is -2.17. The van der Waals surface area contributed by atoms with Gasteiger partial charge in [0.15, 0.2) is 0 Å². The van der Waals surface area contributed by atoms with Crippen LogP contribution in [0.3, 0.4) is 0 Å². The van der Waals surface area contributed by atoms with Crippen molar-refractivity contribution in [2.75, 3.05) is 12.8 Å². The highest BCUT2D eigenvalue weighted by Crippen LogP contribution is 2.16. The molecule has 0 N–H and O–H groups in total. The summed E-state index contributed by atoms with van der Waals surface area (Å²) in [7, 11) is 1.77. The van der Waals surface area contributed by atoms with E-state index in [1.54, 1.807) is 11.9 Å². The second-order valence-corrected chi connectivity index (χ2v) is 4.17. The molecular weight excluding hydrogens is 230 g/mol. The fourth-order valence-corrected chi connectivity index (χ4v) is 1.64. The third kappa shape index (κ3) is 3.76. The zero-order valence-corrected chi connectivity index (χ0v) is 10.3. The van der Waals surface area contributed by atoms with E-state index < -0.39 is 0 Å². The molecule has 2 nitrogen and oxygen atoms in total. The molecule has 0 unspecified atom stereocenters. The summed E-state index contributed by atoms with van der Waals surface area (Å²) in [6.07, 6.45) is 0.462. The minimum absolute atomic E-state index is 0.0879. The van der Waals surface area contributed by atoms with Crippen LogP contribution in [0.15, 0.2) is 24.3 Å². The SMILES string of the molecule is CN(Cc1ccccc1Cl)C(=O)CCS. The fourth-order valence-electron chi connectivity index (χ4n) is 1.26. The van der Waals surface area contributed by atoms with Crippen molar-refractivity contribution in [3.8, 4) is 0 Å². The number of thiol groups is 1. The molecule has 1 aromatic carbocycles. The maximum Gasteiger partial charge on any atom is 0.223 e. The maximum atomic E-state index is 11.5. The minimum atomic E-state index is 0.0879. The van der Waals surface area contributed by atoms with Crippen LogP contribution in [0.1, 0.15) is 12.0 Å². The number of nitrogens with zero attached hydrogens (tertiary/aromatic N) is 1. The molecule has 0 aliphatic carbocycles. The molecule has 0 radical (unpaired) electrons. The lowest BCUT2D eigenvalue weighted by atomic mass is 10.2. The summed E-state index contributed by atoms with van der Waals surface area (Å²) in [5.41, 5.74) is 0.967. The summed E-state index contributed by atoms with van der Waals surface area (Å²) in [6.45, 7) is 0.548. The first-order valence-electron chi connectivity index (χ1n) is 4.73. The number of benzene rings is 1. The van der Waals surface area contributed by atoms with Crippen LogP contribution in [0.5, 0.6) is 0 Å². The van der Waals surface area contributed by atoms with E-state index in [1.807, 2.05) is 24.3 Å². The summed E-state index contributed by atoms with van der Waals surface area (Å²) in [5, 5.41) is 0.697. The van der Waals surface area contributed by atoms with Crippen molar-refractivity contribution in [3.05, 3.63) is 34.9 Å². The second-order valence-electron chi connectivity index (χ2n) is 3.31. The van der Waals surface area contributed by atoms with Crippen molar-refractivity contribution < 1.29 is 4.79 Å². The zero-order chi connectivity index (χ0) is 11.3. The molecule has 0 aromatic heterocycles. The third-order valence-corrected chi connectivity index (χ3v) is 2.71. The minimum Gasteiger partial charge on any atom is -0.341 e. The number of hydrogen-bond acceptors (Lipinski definition) is 2. The van der Waals surface area contributed by atoms with Crippen molar-refractivity contribution >= 4 is 30.1 Å². The Labute approximate surface area is 101 Å². The van der Waals surface area contributed by atoms with Gasteiger partial charge in [0, 0.05) is 25.0 Å². The number of amides is 1. The third-order valence-electron chi connectivity index (χ3n) is 2.12. The van der Waals surface area contributed by atoms with Crippen molar-refractivity contribution in [3.63, 3.8) is 0 Å². The maximum absolute atomic E-state index is 11.5. The van der Waals surface area contributed by atoms with E-state index in [4.69, 9.17) is 11.6 Å². The van der Waals surface area contributed by atoms with Gasteiger partial charge < -0.3 is 4.90 Å². The van der Waals surface area contributed by atoms with E-state index in [2.05, 4.69) is 12.6 Å². The first kappa shape index (κ1) is 12.4. The average molecular weight is 244 g/mol. The molecule has 82 valence electrons. The van der Waals surface area contributed by atoms with Gasteiger partial charge in [0.25, 0.3) is 0 Å².